The van der Waals surface area contributed by atoms with Crippen LogP contribution in [-0.4, -0.2) is 28.8 Å². The predicted molar refractivity (Wildman–Crippen MR) is 141 cm³/mol. The molecule has 0 radical (unpaired) electrons. The van der Waals surface area contributed by atoms with Gasteiger partial charge in [0.2, 0.25) is 0 Å². The fourth-order valence-electron chi connectivity index (χ4n) is 4.79. The number of non-ortho nitro benzene ring substituents is 2. The Morgan fingerprint density at radius 1 is 0.714 bits per heavy atom. The normalized spacial score (nSPS) is 13.9. The summed E-state index contributed by atoms with van der Waals surface area (Å²) in [6.07, 6.45) is 0. The van der Waals surface area contributed by atoms with Crippen molar-refractivity contribution in [3.63, 3.8) is 0 Å². The quantitative estimate of drug-likeness (QED) is 0.292. The first-order chi connectivity index (χ1) is 16.3. The molecule has 3 rings (SSSR count). The Kier molecular flexibility index (Phi) is 7.62. The van der Waals surface area contributed by atoms with E-state index < -0.39 is 0 Å². The van der Waals surface area contributed by atoms with Crippen LogP contribution in [0.1, 0.15) is 107 Å². The average molecular weight is 481 g/mol. The van der Waals surface area contributed by atoms with E-state index in [4.69, 9.17) is 4.99 Å². The van der Waals surface area contributed by atoms with Gasteiger partial charge in [-0.3, -0.25) is 25.2 Å². The Bertz CT molecular complexity index is 1120. The summed E-state index contributed by atoms with van der Waals surface area (Å²) >= 11 is 0. The van der Waals surface area contributed by atoms with E-state index in [1.165, 1.54) is 0 Å². The molecule has 0 saturated carbocycles. The summed E-state index contributed by atoms with van der Waals surface area (Å²) in [6, 6.07) is 6.72. The van der Waals surface area contributed by atoms with Crippen LogP contribution in [0, 0.1) is 20.2 Å². The molecule has 1 aliphatic heterocycles. The SMILES string of the molecule is CC(C)c1cc([N+](=O)[O-])cc(C(C)C)c1C1=NCCN1c1c(C(C)C)cc([N+](=O)[O-])cc1C(C)C. The zero-order valence-electron chi connectivity index (χ0n) is 22.0. The highest BCUT2D eigenvalue weighted by Gasteiger charge is 2.33. The number of benzene rings is 2. The molecule has 8 nitrogen and oxygen atoms in total. The topological polar surface area (TPSA) is 102 Å². The molecular weight excluding hydrogens is 444 g/mol. The van der Waals surface area contributed by atoms with Gasteiger partial charge in [0.25, 0.3) is 11.4 Å². The fraction of sp³-hybridized carbons (Fsp3) is 0.519. The van der Waals surface area contributed by atoms with Gasteiger partial charge in [0.05, 0.1) is 16.4 Å². The second kappa shape index (κ2) is 10.1. The van der Waals surface area contributed by atoms with Gasteiger partial charge in [-0.1, -0.05) is 55.4 Å². The van der Waals surface area contributed by atoms with Crippen molar-refractivity contribution in [3.8, 4) is 0 Å². The summed E-state index contributed by atoms with van der Waals surface area (Å²) in [5, 5.41) is 23.4. The number of amidine groups is 1. The molecule has 0 N–H and O–H groups in total. The maximum Gasteiger partial charge on any atom is 0.270 e. The number of hydrogen-bond donors (Lipinski definition) is 0. The molecule has 1 heterocycles. The van der Waals surface area contributed by atoms with E-state index in [2.05, 4.69) is 4.90 Å². The van der Waals surface area contributed by atoms with Crippen LogP contribution >= 0.6 is 0 Å². The molecular formula is C27H36N4O4. The summed E-state index contributed by atoms with van der Waals surface area (Å²) in [5.41, 5.74) is 5.72. The Morgan fingerprint density at radius 3 is 1.43 bits per heavy atom. The number of anilines is 1. The number of aliphatic imine (C=N–C) groups is 1. The third-order valence-corrected chi connectivity index (χ3v) is 6.58. The van der Waals surface area contributed by atoms with Crippen molar-refractivity contribution in [1.29, 1.82) is 0 Å². The van der Waals surface area contributed by atoms with Crippen molar-refractivity contribution in [2.45, 2.75) is 79.1 Å². The minimum Gasteiger partial charge on any atom is -0.324 e. The van der Waals surface area contributed by atoms with Gasteiger partial charge in [0, 0.05) is 42.1 Å². The van der Waals surface area contributed by atoms with Crippen LogP contribution in [-0.2, 0) is 0 Å². The van der Waals surface area contributed by atoms with Crippen molar-refractivity contribution in [3.05, 3.63) is 72.3 Å². The van der Waals surface area contributed by atoms with Crippen LogP contribution < -0.4 is 4.90 Å². The summed E-state index contributed by atoms with van der Waals surface area (Å²) in [7, 11) is 0. The van der Waals surface area contributed by atoms with Crippen LogP contribution in [0.3, 0.4) is 0 Å². The smallest absolute Gasteiger partial charge is 0.270 e. The van der Waals surface area contributed by atoms with Crippen molar-refractivity contribution in [2.24, 2.45) is 4.99 Å². The molecule has 35 heavy (non-hydrogen) atoms. The number of nitro groups is 2. The molecule has 2 aromatic carbocycles. The third kappa shape index (κ3) is 5.06. The Labute approximate surface area is 207 Å². The Hall–Kier alpha value is -3.29. The van der Waals surface area contributed by atoms with E-state index in [1.54, 1.807) is 24.3 Å². The predicted octanol–water partition coefficient (Wildman–Crippen LogP) is 7.26. The number of nitrogens with zero attached hydrogens (tertiary/aromatic N) is 4. The minimum atomic E-state index is -0.334. The Morgan fingerprint density at radius 2 is 1.09 bits per heavy atom. The zero-order valence-corrected chi connectivity index (χ0v) is 22.0. The molecule has 2 aromatic rings. The minimum absolute atomic E-state index is 0.0542. The van der Waals surface area contributed by atoms with E-state index in [0.29, 0.717) is 13.1 Å². The van der Waals surface area contributed by atoms with E-state index >= 15 is 0 Å². The first kappa shape index (κ1) is 26.3. The van der Waals surface area contributed by atoms with Gasteiger partial charge in [-0.25, -0.2) is 0 Å². The molecule has 0 fully saturated rings. The van der Waals surface area contributed by atoms with Gasteiger partial charge in [0.15, 0.2) is 0 Å². The lowest BCUT2D eigenvalue weighted by Crippen LogP contribution is -2.32. The van der Waals surface area contributed by atoms with Crippen molar-refractivity contribution >= 4 is 22.9 Å². The molecule has 0 aliphatic carbocycles. The van der Waals surface area contributed by atoms with Gasteiger partial charge in [-0.2, -0.15) is 0 Å². The van der Waals surface area contributed by atoms with E-state index in [0.717, 1.165) is 39.3 Å². The number of nitro benzene ring substituents is 2. The maximum absolute atomic E-state index is 11.7. The second-order valence-corrected chi connectivity index (χ2v) is 10.5. The molecule has 0 atom stereocenters. The molecule has 0 bridgehead atoms. The Balaban J connectivity index is 2.35. The van der Waals surface area contributed by atoms with E-state index in [9.17, 15) is 20.2 Å². The molecule has 0 unspecified atom stereocenters. The highest BCUT2D eigenvalue weighted by atomic mass is 16.6. The van der Waals surface area contributed by atoms with Crippen LogP contribution in [0.2, 0.25) is 0 Å². The summed E-state index contributed by atoms with van der Waals surface area (Å²) in [4.78, 5) is 29.9. The molecule has 0 spiro atoms. The molecule has 1 aliphatic rings. The summed E-state index contributed by atoms with van der Waals surface area (Å²) in [5.74, 6) is 1.03. The zero-order chi connectivity index (χ0) is 26.2. The molecule has 188 valence electrons. The maximum atomic E-state index is 11.7. The van der Waals surface area contributed by atoms with Gasteiger partial charge < -0.3 is 4.90 Å². The molecule has 0 aromatic heterocycles. The van der Waals surface area contributed by atoms with Gasteiger partial charge in [-0.15, -0.1) is 0 Å². The van der Waals surface area contributed by atoms with Crippen LogP contribution in [0.4, 0.5) is 17.1 Å². The lowest BCUT2D eigenvalue weighted by Gasteiger charge is -2.31. The van der Waals surface area contributed by atoms with Crippen molar-refractivity contribution in [2.75, 3.05) is 18.0 Å². The standard InChI is InChI=1S/C27H36N4O4/c1-15(2)21-11-19(30(32)33)12-22(16(3)4)25(21)27-28-9-10-29(27)26-23(17(5)6)13-20(31(34)35)14-24(26)18(7)8/h11-18H,9-10H2,1-8H3. The summed E-state index contributed by atoms with van der Waals surface area (Å²) < 4.78 is 0. The fourth-order valence-corrected chi connectivity index (χ4v) is 4.79. The lowest BCUT2D eigenvalue weighted by atomic mass is 9.86. The van der Waals surface area contributed by atoms with E-state index in [-0.39, 0.29) is 44.9 Å². The average Bonchev–Trinajstić information content (AvgIpc) is 3.25. The summed E-state index contributed by atoms with van der Waals surface area (Å²) in [6.45, 7) is 17.6. The first-order valence-electron chi connectivity index (χ1n) is 12.3. The van der Waals surface area contributed by atoms with Gasteiger partial charge >= 0.3 is 0 Å². The van der Waals surface area contributed by atoms with Crippen LogP contribution in [0.15, 0.2) is 29.3 Å². The highest BCUT2D eigenvalue weighted by Crippen LogP contribution is 2.42. The van der Waals surface area contributed by atoms with Crippen LogP contribution in [0.5, 0.6) is 0 Å². The molecule has 0 saturated heterocycles. The molecule has 8 heteroatoms. The highest BCUT2D eigenvalue weighted by molar-refractivity contribution is 6.14. The number of hydrogen-bond acceptors (Lipinski definition) is 6. The van der Waals surface area contributed by atoms with Crippen LogP contribution in [0.25, 0.3) is 0 Å². The molecule has 0 amide bonds. The second-order valence-electron chi connectivity index (χ2n) is 10.5. The van der Waals surface area contributed by atoms with E-state index in [1.807, 2.05) is 55.4 Å². The van der Waals surface area contributed by atoms with Gasteiger partial charge in [0.1, 0.15) is 5.84 Å². The third-order valence-electron chi connectivity index (χ3n) is 6.58. The first-order valence-corrected chi connectivity index (χ1v) is 12.3. The van der Waals surface area contributed by atoms with Crippen molar-refractivity contribution < 1.29 is 9.85 Å². The number of rotatable bonds is 8. The largest absolute Gasteiger partial charge is 0.324 e. The van der Waals surface area contributed by atoms with Gasteiger partial charge in [-0.05, 0) is 45.9 Å². The van der Waals surface area contributed by atoms with Crippen molar-refractivity contribution in [1.82, 2.24) is 0 Å². The monoisotopic (exact) mass is 480 g/mol. The lowest BCUT2D eigenvalue weighted by molar-refractivity contribution is -0.385.